The lowest BCUT2D eigenvalue weighted by atomic mass is 10.0. The molecular weight excluding hydrogens is 303 g/mol. The fourth-order valence-corrected chi connectivity index (χ4v) is 2.18. The van der Waals surface area contributed by atoms with Gasteiger partial charge >= 0.3 is 0 Å². The smallest absolute Gasteiger partial charge is 0.137 e. The first kappa shape index (κ1) is 12.3. The van der Waals surface area contributed by atoms with Crippen LogP contribution in [0.25, 0.3) is 0 Å². The van der Waals surface area contributed by atoms with E-state index in [9.17, 15) is 4.39 Å². The molecule has 1 heterocycles. The summed E-state index contributed by atoms with van der Waals surface area (Å²) >= 11 is 7.96. The lowest BCUT2D eigenvalue weighted by Crippen LogP contribution is -1.98. The van der Waals surface area contributed by atoms with Crippen LogP contribution in [0.5, 0.6) is 0 Å². The molecular formula is C12H8BrFN2S. The van der Waals surface area contributed by atoms with Crippen LogP contribution >= 0.6 is 15.9 Å². The number of hydrogen-bond acceptors (Lipinski definition) is 3. The summed E-state index contributed by atoms with van der Waals surface area (Å²) in [5.74, 6) is -0.299. The summed E-state index contributed by atoms with van der Waals surface area (Å²) in [5, 5.41) is 0. The van der Waals surface area contributed by atoms with E-state index in [0.717, 1.165) is 11.1 Å². The van der Waals surface area contributed by atoms with Gasteiger partial charge in [0.25, 0.3) is 0 Å². The maximum absolute atomic E-state index is 13.2. The molecule has 0 saturated carbocycles. The zero-order valence-corrected chi connectivity index (χ0v) is 11.1. The summed E-state index contributed by atoms with van der Waals surface area (Å²) in [5.41, 5.74) is 1.79. The Labute approximate surface area is 112 Å². The third-order valence-electron chi connectivity index (χ3n) is 2.39. The number of hydrogen-bond donors (Lipinski definition) is 0. The van der Waals surface area contributed by atoms with E-state index in [4.69, 9.17) is 12.4 Å². The van der Waals surface area contributed by atoms with Gasteiger partial charge in [-0.3, -0.25) is 4.98 Å². The molecule has 2 nitrogen and oxygen atoms in total. The second kappa shape index (κ2) is 5.42. The SMILES string of the molecule is Fc1ccc(C(N=S)c2ccncc2)cc1Br. The van der Waals surface area contributed by atoms with Gasteiger partial charge in [-0.25, -0.2) is 8.75 Å². The maximum atomic E-state index is 13.2. The first-order valence-corrected chi connectivity index (χ1v) is 6.05. The Bertz CT molecular complexity index is 533. The zero-order valence-electron chi connectivity index (χ0n) is 8.68. The Morgan fingerprint density at radius 1 is 1.18 bits per heavy atom. The highest BCUT2D eigenvalue weighted by Crippen LogP contribution is 2.28. The van der Waals surface area contributed by atoms with E-state index in [1.807, 2.05) is 12.1 Å². The topological polar surface area (TPSA) is 25.2 Å². The van der Waals surface area contributed by atoms with Gasteiger partial charge in [0.05, 0.1) is 4.47 Å². The summed E-state index contributed by atoms with van der Waals surface area (Å²) in [6, 6.07) is 8.19. The van der Waals surface area contributed by atoms with E-state index in [1.54, 1.807) is 24.5 Å². The van der Waals surface area contributed by atoms with Crippen molar-refractivity contribution in [1.29, 1.82) is 0 Å². The summed E-state index contributed by atoms with van der Waals surface area (Å²) < 4.78 is 17.5. The molecule has 1 aromatic heterocycles. The number of pyridine rings is 1. The standard InChI is InChI=1S/C12H8BrFN2S/c13-10-7-9(1-2-11(10)14)12(16-17)8-3-5-15-6-4-8/h1-7,12H. The molecule has 5 heteroatoms. The molecule has 0 aliphatic rings. The molecule has 0 aliphatic heterocycles. The Morgan fingerprint density at radius 2 is 1.88 bits per heavy atom. The lowest BCUT2D eigenvalue weighted by molar-refractivity contribution is 0.619. The molecule has 0 fully saturated rings. The van der Waals surface area contributed by atoms with Crippen molar-refractivity contribution in [1.82, 2.24) is 4.98 Å². The van der Waals surface area contributed by atoms with Crippen LogP contribution in [0, 0.1) is 5.82 Å². The minimum atomic E-state index is -0.299. The number of rotatable bonds is 3. The molecule has 0 aliphatic carbocycles. The summed E-state index contributed by atoms with van der Waals surface area (Å²) in [7, 11) is 0. The van der Waals surface area contributed by atoms with Gasteiger partial charge in [-0.15, -0.1) is 0 Å². The largest absolute Gasteiger partial charge is 0.265 e. The molecule has 1 atom stereocenters. The molecule has 0 bridgehead atoms. The van der Waals surface area contributed by atoms with Crippen molar-refractivity contribution >= 4 is 28.4 Å². The Morgan fingerprint density at radius 3 is 2.47 bits per heavy atom. The highest BCUT2D eigenvalue weighted by Gasteiger charge is 2.13. The molecule has 17 heavy (non-hydrogen) atoms. The normalized spacial score (nSPS) is 12.1. The fraction of sp³-hybridized carbons (Fsp3) is 0.0833. The molecule has 2 rings (SSSR count). The second-order valence-corrected chi connectivity index (χ2v) is 4.53. The molecule has 1 unspecified atom stereocenters. The second-order valence-electron chi connectivity index (χ2n) is 3.46. The lowest BCUT2D eigenvalue weighted by Gasteiger charge is -2.11. The van der Waals surface area contributed by atoms with Crippen LogP contribution < -0.4 is 0 Å². The van der Waals surface area contributed by atoms with Gasteiger partial charge in [0, 0.05) is 24.8 Å². The quantitative estimate of drug-likeness (QED) is 0.861. The minimum Gasteiger partial charge on any atom is -0.265 e. The van der Waals surface area contributed by atoms with Crippen molar-refractivity contribution in [2.24, 2.45) is 4.36 Å². The van der Waals surface area contributed by atoms with E-state index >= 15 is 0 Å². The van der Waals surface area contributed by atoms with E-state index in [-0.39, 0.29) is 11.9 Å². The highest BCUT2D eigenvalue weighted by atomic mass is 79.9. The maximum Gasteiger partial charge on any atom is 0.137 e. The van der Waals surface area contributed by atoms with Crippen molar-refractivity contribution in [3.8, 4) is 0 Å². The Balaban J connectivity index is 2.42. The van der Waals surface area contributed by atoms with Crippen molar-refractivity contribution in [2.75, 3.05) is 0 Å². The third-order valence-corrected chi connectivity index (χ3v) is 3.21. The van der Waals surface area contributed by atoms with Gasteiger partial charge in [-0.05, 0) is 51.3 Å². The monoisotopic (exact) mass is 310 g/mol. The van der Waals surface area contributed by atoms with Gasteiger partial charge in [0.15, 0.2) is 0 Å². The van der Waals surface area contributed by atoms with Crippen LogP contribution in [0.3, 0.4) is 0 Å². The summed E-state index contributed by atoms with van der Waals surface area (Å²) in [4.78, 5) is 3.94. The van der Waals surface area contributed by atoms with Gasteiger partial charge in [0.2, 0.25) is 0 Å². The molecule has 0 amide bonds. The van der Waals surface area contributed by atoms with E-state index in [1.165, 1.54) is 6.07 Å². The Kier molecular flexibility index (Phi) is 3.91. The predicted molar refractivity (Wildman–Crippen MR) is 70.0 cm³/mol. The van der Waals surface area contributed by atoms with E-state index in [2.05, 4.69) is 25.3 Å². The van der Waals surface area contributed by atoms with Crippen LogP contribution in [0.4, 0.5) is 4.39 Å². The van der Waals surface area contributed by atoms with Crippen LogP contribution in [-0.2, 0) is 12.4 Å². The number of halogens is 2. The Hall–Kier alpha value is -1.20. The average Bonchev–Trinajstić information content (AvgIpc) is 2.36. The minimum absolute atomic E-state index is 0.273. The first-order chi connectivity index (χ1) is 8.22. The first-order valence-electron chi connectivity index (χ1n) is 4.89. The van der Waals surface area contributed by atoms with Gasteiger partial charge in [0.1, 0.15) is 11.9 Å². The van der Waals surface area contributed by atoms with E-state index in [0.29, 0.717) is 4.47 Å². The van der Waals surface area contributed by atoms with E-state index < -0.39 is 0 Å². The molecule has 0 N–H and O–H groups in total. The molecule has 0 spiro atoms. The summed E-state index contributed by atoms with van der Waals surface area (Å²) in [6.45, 7) is 0. The molecule has 86 valence electrons. The van der Waals surface area contributed by atoms with Crippen molar-refractivity contribution in [3.05, 3.63) is 64.1 Å². The molecule has 1 aromatic carbocycles. The number of benzene rings is 1. The predicted octanol–water partition coefficient (Wildman–Crippen LogP) is 3.80. The van der Waals surface area contributed by atoms with Crippen LogP contribution in [0.15, 0.2) is 51.6 Å². The third kappa shape index (κ3) is 2.73. The molecule has 0 radical (unpaired) electrons. The van der Waals surface area contributed by atoms with Crippen LogP contribution in [0.1, 0.15) is 17.2 Å². The molecule has 0 saturated heterocycles. The average molecular weight is 311 g/mol. The van der Waals surface area contributed by atoms with Crippen molar-refractivity contribution < 1.29 is 4.39 Å². The fourth-order valence-electron chi connectivity index (χ4n) is 1.54. The van der Waals surface area contributed by atoms with Crippen molar-refractivity contribution in [3.63, 3.8) is 0 Å². The number of nitrogens with zero attached hydrogens (tertiary/aromatic N) is 2. The number of aromatic nitrogens is 1. The zero-order chi connectivity index (χ0) is 12.3. The van der Waals surface area contributed by atoms with Gasteiger partial charge in [-0.1, -0.05) is 6.07 Å². The highest BCUT2D eigenvalue weighted by molar-refractivity contribution is 9.10. The van der Waals surface area contributed by atoms with Crippen molar-refractivity contribution in [2.45, 2.75) is 6.04 Å². The van der Waals surface area contributed by atoms with Crippen LogP contribution in [-0.4, -0.2) is 4.98 Å². The van der Waals surface area contributed by atoms with Crippen LogP contribution in [0.2, 0.25) is 0 Å². The molecule has 2 aromatic rings. The van der Waals surface area contributed by atoms with Gasteiger partial charge < -0.3 is 0 Å². The van der Waals surface area contributed by atoms with Gasteiger partial charge in [-0.2, -0.15) is 0 Å². The summed E-state index contributed by atoms with van der Waals surface area (Å²) in [6.07, 6.45) is 3.36.